The van der Waals surface area contributed by atoms with Crippen molar-refractivity contribution in [3.05, 3.63) is 30.0 Å². The quantitative estimate of drug-likeness (QED) is 0.650. The molecule has 0 amide bonds. The van der Waals surface area contributed by atoms with Gasteiger partial charge in [-0.1, -0.05) is 6.92 Å². The van der Waals surface area contributed by atoms with Gasteiger partial charge >= 0.3 is 5.97 Å². The second kappa shape index (κ2) is 7.58. The molecule has 0 unspecified atom stereocenters. The van der Waals surface area contributed by atoms with E-state index < -0.39 is 5.97 Å². The molecule has 8 heteroatoms. The molecule has 1 aliphatic carbocycles. The number of aliphatic carboxylic acids is 1. The summed E-state index contributed by atoms with van der Waals surface area (Å²) in [6, 6.07) is 6.62. The summed E-state index contributed by atoms with van der Waals surface area (Å²) in [5, 5.41) is 19.8. The average Bonchev–Trinajstić information content (AvgIpc) is 3.27. The van der Waals surface area contributed by atoms with Gasteiger partial charge in [0.05, 0.1) is 18.4 Å². The lowest BCUT2D eigenvalue weighted by atomic mass is 9.85. The molecule has 0 bridgehead atoms. The van der Waals surface area contributed by atoms with E-state index in [9.17, 15) is 4.79 Å². The molecular formula is C19H24N4O4. The minimum absolute atomic E-state index is 0.115. The van der Waals surface area contributed by atoms with Gasteiger partial charge in [0.15, 0.2) is 11.5 Å². The van der Waals surface area contributed by atoms with E-state index in [4.69, 9.17) is 14.6 Å². The number of ether oxygens (including phenoxy) is 2. The lowest BCUT2D eigenvalue weighted by Gasteiger charge is -2.42. The summed E-state index contributed by atoms with van der Waals surface area (Å²) in [6.07, 6.45) is 3.78. The highest BCUT2D eigenvalue weighted by Gasteiger charge is 2.33. The summed E-state index contributed by atoms with van der Waals surface area (Å²) >= 11 is 0. The predicted octanol–water partition coefficient (Wildman–Crippen LogP) is 1.83. The maximum Gasteiger partial charge on any atom is 0.317 e. The van der Waals surface area contributed by atoms with Gasteiger partial charge in [-0.3, -0.25) is 14.8 Å². The lowest BCUT2D eigenvalue weighted by Crippen LogP contribution is -2.53. The van der Waals surface area contributed by atoms with Gasteiger partial charge in [-0.25, -0.2) is 0 Å². The Balaban J connectivity index is 1.33. The highest BCUT2D eigenvalue weighted by atomic mass is 16.7. The van der Waals surface area contributed by atoms with E-state index in [0.29, 0.717) is 18.6 Å². The molecule has 1 saturated carbocycles. The maximum atomic E-state index is 10.9. The molecule has 3 N–H and O–H groups in total. The van der Waals surface area contributed by atoms with Crippen LogP contribution >= 0.6 is 0 Å². The average molecular weight is 372 g/mol. The number of fused-ring (bicyclic) bond motifs is 1. The van der Waals surface area contributed by atoms with Crippen LogP contribution in [0, 0.1) is 0 Å². The number of aromatic amines is 1. The van der Waals surface area contributed by atoms with Crippen molar-refractivity contribution in [3.8, 4) is 22.8 Å². The van der Waals surface area contributed by atoms with Gasteiger partial charge in [-0.15, -0.1) is 0 Å². The van der Waals surface area contributed by atoms with Gasteiger partial charge in [0.2, 0.25) is 6.79 Å². The summed E-state index contributed by atoms with van der Waals surface area (Å²) in [6.45, 7) is 3.86. The number of likely N-dealkylation sites (N-methyl/N-ethyl adjacent to an activating group) is 1. The molecule has 1 aromatic carbocycles. The molecule has 1 fully saturated rings. The number of carboxylic acid groups (broad SMARTS) is 1. The molecule has 2 aromatic rings. The smallest absolute Gasteiger partial charge is 0.317 e. The van der Waals surface area contributed by atoms with Crippen molar-refractivity contribution in [2.75, 3.05) is 19.9 Å². The number of carboxylic acids is 1. The first-order valence-electron chi connectivity index (χ1n) is 9.25. The SMILES string of the molecule is CCN(CC(=O)O)C1CC(NCc2cn[nH]c2-c2ccc3c(c2)OCO3)C1. The van der Waals surface area contributed by atoms with Gasteiger partial charge in [0.1, 0.15) is 0 Å². The zero-order valence-electron chi connectivity index (χ0n) is 15.3. The number of hydrogen-bond donors (Lipinski definition) is 3. The van der Waals surface area contributed by atoms with Crippen LogP contribution in [0.1, 0.15) is 25.3 Å². The standard InChI is InChI=1S/C19H24N4O4/c1-2-23(10-18(24)25)15-6-14(7-15)20-8-13-9-21-22-19(13)12-3-4-16-17(5-12)27-11-26-16/h3-5,9,14-15,20H,2,6-8,10-11H2,1H3,(H,21,22)(H,24,25). The first kappa shape index (κ1) is 17.8. The van der Waals surface area contributed by atoms with E-state index in [1.54, 1.807) is 0 Å². The zero-order chi connectivity index (χ0) is 18.8. The van der Waals surface area contributed by atoms with Crippen molar-refractivity contribution in [3.63, 3.8) is 0 Å². The molecule has 1 aliphatic heterocycles. The van der Waals surface area contributed by atoms with Crippen molar-refractivity contribution in [2.24, 2.45) is 0 Å². The minimum atomic E-state index is -0.764. The highest BCUT2D eigenvalue weighted by molar-refractivity contribution is 5.69. The van der Waals surface area contributed by atoms with Crippen LogP contribution in [-0.4, -0.2) is 58.1 Å². The monoisotopic (exact) mass is 372 g/mol. The zero-order valence-corrected chi connectivity index (χ0v) is 15.3. The number of H-pyrrole nitrogens is 1. The van der Waals surface area contributed by atoms with Crippen LogP contribution in [0.2, 0.25) is 0 Å². The topological polar surface area (TPSA) is 99.7 Å². The van der Waals surface area contributed by atoms with E-state index in [1.807, 2.05) is 36.2 Å². The Labute approximate surface area is 157 Å². The molecular weight excluding hydrogens is 348 g/mol. The molecule has 0 spiro atoms. The van der Waals surface area contributed by atoms with E-state index in [0.717, 1.165) is 47.7 Å². The van der Waals surface area contributed by atoms with Crippen LogP contribution < -0.4 is 14.8 Å². The van der Waals surface area contributed by atoms with Gasteiger partial charge in [-0.2, -0.15) is 5.10 Å². The van der Waals surface area contributed by atoms with Crippen LogP contribution in [0.25, 0.3) is 11.3 Å². The Hall–Kier alpha value is -2.58. The van der Waals surface area contributed by atoms with Crippen LogP contribution in [0.15, 0.2) is 24.4 Å². The van der Waals surface area contributed by atoms with Crippen molar-refractivity contribution >= 4 is 5.97 Å². The Morgan fingerprint density at radius 3 is 2.96 bits per heavy atom. The van der Waals surface area contributed by atoms with Gasteiger partial charge in [-0.05, 0) is 37.6 Å². The van der Waals surface area contributed by atoms with Crippen LogP contribution in [-0.2, 0) is 11.3 Å². The second-order valence-electron chi connectivity index (χ2n) is 7.00. The maximum absolute atomic E-state index is 10.9. The summed E-state index contributed by atoms with van der Waals surface area (Å²) in [5.74, 6) is 0.751. The lowest BCUT2D eigenvalue weighted by molar-refractivity contribution is -0.139. The number of rotatable bonds is 8. The summed E-state index contributed by atoms with van der Waals surface area (Å²) in [4.78, 5) is 13.0. The predicted molar refractivity (Wildman–Crippen MR) is 98.7 cm³/mol. The third-order valence-electron chi connectivity index (χ3n) is 5.33. The van der Waals surface area contributed by atoms with Crippen LogP contribution in [0.5, 0.6) is 11.5 Å². The van der Waals surface area contributed by atoms with Crippen molar-refractivity contribution in [1.29, 1.82) is 0 Å². The third kappa shape index (κ3) is 3.77. The molecule has 0 saturated heterocycles. The number of benzene rings is 1. The Morgan fingerprint density at radius 1 is 1.37 bits per heavy atom. The molecule has 0 radical (unpaired) electrons. The van der Waals surface area contributed by atoms with Crippen LogP contribution in [0.4, 0.5) is 0 Å². The number of nitrogens with one attached hydrogen (secondary N) is 2. The largest absolute Gasteiger partial charge is 0.480 e. The van der Waals surface area contributed by atoms with E-state index >= 15 is 0 Å². The van der Waals surface area contributed by atoms with E-state index in [2.05, 4.69) is 15.5 Å². The van der Waals surface area contributed by atoms with Crippen molar-refractivity contribution in [2.45, 2.75) is 38.4 Å². The molecule has 2 heterocycles. The fourth-order valence-corrected chi connectivity index (χ4v) is 3.73. The number of nitrogens with zero attached hydrogens (tertiary/aromatic N) is 2. The van der Waals surface area contributed by atoms with Crippen LogP contribution in [0.3, 0.4) is 0 Å². The second-order valence-corrected chi connectivity index (χ2v) is 7.00. The van der Waals surface area contributed by atoms with Gasteiger partial charge in [0.25, 0.3) is 0 Å². The van der Waals surface area contributed by atoms with Crippen molar-refractivity contribution < 1.29 is 19.4 Å². The van der Waals surface area contributed by atoms with Gasteiger partial charge in [0, 0.05) is 29.8 Å². The summed E-state index contributed by atoms with van der Waals surface area (Å²) in [5.41, 5.74) is 3.08. The normalized spacial score (nSPS) is 20.7. The molecule has 2 aliphatic rings. The number of carbonyl (C=O) groups is 1. The molecule has 27 heavy (non-hydrogen) atoms. The van der Waals surface area contributed by atoms with Gasteiger partial charge < -0.3 is 19.9 Å². The molecule has 0 atom stereocenters. The molecule has 4 rings (SSSR count). The van der Waals surface area contributed by atoms with E-state index in [1.165, 1.54) is 0 Å². The van der Waals surface area contributed by atoms with Crippen molar-refractivity contribution in [1.82, 2.24) is 20.4 Å². The highest BCUT2D eigenvalue weighted by Crippen LogP contribution is 2.36. The number of aromatic nitrogens is 2. The fourth-order valence-electron chi connectivity index (χ4n) is 3.73. The Morgan fingerprint density at radius 2 is 2.19 bits per heavy atom. The first-order valence-corrected chi connectivity index (χ1v) is 9.25. The third-order valence-corrected chi connectivity index (χ3v) is 5.33. The fraction of sp³-hybridized carbons (Fsp3) is 0.474. The molecule has 144 valence electrons. The summed E-state index contributed by atoms with van der Waals surface area (Å²) in [7, 11) is 0. The number of hydrogen-bond acceptors (Lipinski definition) is 6. The molecule has 8 nitrogen and oxygen atoms in total. The minimum Gasteiger partial charge on any atom is -0.480 e. The first-order chi connectivity index (χ1) is 13.1. The van der Waals surface area contributed by atoms with E-state index in [-0.39, 0.29) is 13.3 Å². The Bertz CT molecular complexity index is 816. The summed E-state index contributed by atoms with van der Waals surface area (Å²) < 4.78 is 10.8. The molecule has 1 aromatic heterocycles. The Kier molecular flexibility index (Phi) is 5.00.